The van der Waals surface area contributed by atoms with E-state index in [1.807, 2.05) is 13.8 Å². The molecule has 1 fully saturated rings. The molecule has 1 atom stereocenters. The van der Waals surface area contributed by atoms with E-state index in [1.54, 1.807) is 0 Å². The molecule has 2 nitrogen and oxygen atoms in total. The fraction of sp³-hybridized carbons (Fsp3) is 0.789. The van der Waals surface area contributed by atoms with Crippen molar-refractivity contribution in [3.8, 4) is 0 Å². The summed E-state index contributed by atoms with van der Waals surface area (Å²) in [6.45, 7) is 12.0. The van der Waals surface area contributed by atoms with E-state index in [9.17, 15) is 0 Å². The molecule has 0 aromatic carbocycles. The molecule has 124 valence electrons. The van der Waals surface area contributed by atoms with E-state index in [0.29, 0.717) is 0 Å². The van der Waals surface area contributed by atoms with Gasteiger partial charge in [0.25, 0.3) is 0 Å². The lowest BCUT2D eigenvalue weighted by atomic mass is 10.00. The van der Waals surface area contributed by atoms with Crippen LogP contribution in [0.25, 0.3) is 0 Å². The van der Waals surface area contributed by atoms with Crippen LogP contribution in [0.5, 0.6) is 0 Å². The van der Waals surface area contributed by atoms with Crippen LogP contribution in [0.4, 0.5) is 0 Å². The Morgan fingerprint density at radius 3 is 2.52 bits per heavy atom. The summed E-state index contributed by atoms with van der Waals surface area (Å²) in [6.07, 6.45) is 13.3. The molecule has 0 N–H and O–H groups in total. The summed E-state index contributed by atoms with van der Waals surface area (Å²) in [4.78, 5) is 5.02. The molecule has 1 aliphatic heterocycles. The summed E-state index contributed by atoms with van der Waals surface area (Å²) in [5.74, 6) is 0. The van der Waals surface area contributed by atoms with Crippen LogP contribution in [0.3, 0.4) is 0 Å². The minimum Gasteiger partial charge on any atom is -0.306 e. The summed E-state index contributed by atoms with van der Waals surface area (Å²) < 4.78 is 0. The van der Waals surface area contributed by atoms with Crippen molar-refractivity contribution in [3.63, 3.8) is 0 Å². The second kappa shape index (κ2) is 13.1. The lowest BCUT2D eigenvalue weighted by Gasteiger charge is -2.33. The first-order valence-corrected chi connectivity index (χ1v) is 8.78. The van der Waals surface area contributed by atoms with Crippen LogP contribution in [-0.4, -0.2) is 49.6 Å². The van der Waals surface area contributed by atoms with Crippen molar-refractivity contribution in [1.29, 1.82) is 0 Å². The quantitative estimate of drug-likeness (QED) is 0.626. The highest BCUT2D eigenvalue weighted by molar-refractivity contribution is 5.08. The van der Waals surface area contributed by atoms with Gasteiger partial charge in [0, 0.05) is 12.6 Å². The minimum absolute atomic E-state index is 0.817. The molecule has 0 bridgehead atoms. The molecule has 0 aliphatic carbocycles. The highest BCUT2D eigenvalue weighted by atomic mass is 15.1. The lowest BCUT2D eigenvalue weighted by molar-refractivity contribution is 0.161. The standard InChI is InChI=1S/C17H32N2.C2H6/c1-16(2)10-6-5-8-13-18(3)15-12-17-11-7-9-14-19(17)4;1-2/h5-6,10,17H,7-9,11-15H2,1-4H3;1-2H3/b6-5-;. The van der Waals surface area contributed by atoms with Gasteiger partial charge in [0.1, 0.15) is 0 Å². The summed E-state index contributed by atoms with van der Waals surface area (Å²) in [6, 6.07) is 0.817. The minimum atomic E-state index is 0.817. The van der Waals surface area contributed by atoms with Gasteiger partial charge in [0.05, 0.1) is 0 Å². The Hall–Kier alpha value is -0.600. The van der Waals surface area contributed by atoms with Crippen LogP contribution in [-0.2, 0) is 0 Å². The first-order valence-electron chi connectivity index (χ1n) is 8.78. The van der Waals surface area contributed by atoms with E-state index < -0.39 is 0 Å². The first-order chi connectivity index (χ1) is 10.1. The number of allylic oxidation sites excluding steroid dienone is 3. The van der Waals surface area contributed by atoms with Gasteiger partial charge in [-0.3, -0.25) is 0 Å². The van der Waals surface area contributed by atoms with Gasteiger partial charge < -0.3 is 9.80 Å². The number of hydrogen-bond donors (Lipinski definition) is 0. The van der Waals surface area contributed by atoms with E-state index in [0.717, 1.165) is 12.5 Å². The van der Waals surface area contributed by atoms with E-state index >= 15 is 0 Å². The van der Waals surface area contributed by atoms with Crippen LogP contribution in [0, 0.1) is 0 Å². The SMILES string of the molecule is CC.CC(C)=C/C=C\CCN(C)CCC1CCCCN1C. The summed E-state index contributed by atoms with van der Waals surface area (Å²) >= 11 is 0. The van der Waals surface area contributed by atoms with Gasteiger partial charge in [-0.2, -0.15) is 0 Å². The Bertz CT molecular complexity index is 290. The van der Waals surface area contributed by atoms with Gasteiger partial charge in [0.15, 0.2) is 0 Å². The molecular formula is C19H38N2. The summed E-state index contributed by atoms with van der Waals surface area (Å²) in [5.41, 5.74) is 1.37. The van der Waals surface area contributed by atoms with Crippen LogP contribution >= 0.6 is 0 Å². The van der Waals surface area contributed by atoms with Crippen LogP contribution in [0.15, 0.2) is 23.8 Å². The van der Waals surface area contributed by atoms with Gasteiger partial charge in [0.2, 0.25) is 0 Å². The summed E-state index contributed by atoms with van der Waals surface area (Å²) in [5, 5.41) is 0. The van der Waals surface area contributed by atoms with E-state index in [1.165, 1.54) is 50.9 Å². The Balaban J connectivity index is 0.00000191. The molecule has 0 aromatic rings. The van der Waals surface area contributed by atoms with Crippen LogP contribution in [0.2, 0.25) is 0 Å². The van der Waals surface area contributed by atoms with Crippen molar-refractivity contribution in [2.75, 3.05) is 33.7 Å². The smallest absolute Gasteiger partial charge is 0.0104 e. The molecule has 0 aromatic heterocycles. The molecule has 1 rings (SSSR count). The first kappa shape index (κ1) is 20.4. The number of piperidine rings is 1. The maximum atomic E-state index is 2.55. The number of likely N-dealkylation sites (tertiary alicyclic amines) is 1. The van der Waals surface area contributed by atoms with Gasteiger partial charge in [-0.1, -0.05) is 44.1 Å². The van der Waals surface area contributed by atoms with E-state index in [4.69, 9.17) is 0 Å². The van der Waals surface area contributed by atoms with Gasteiger partial charge in [-0.25, -0.2) is 0 Å². The third-order valence-corrected chi connectivity index (χ3v) is 4.01. The fourth-order valence-corrected chi connectivity index (χ4v) is 2.64. The molecule has 0 amide bonds. The van der Waals surface area contributed by atoms with Gasteiger partial charge in [-0.05, 0) is 66.7 Å². The van der Waals surface area contributed by atoms with Crippen molar-refractivity contribution in [1.82, 2.24) is 9.80 Å². The normalized spacial score (nSPS) is 19.5. The molecule has 0 spiro atoms. The monoisotopic (exact) mass is 294 g/mol. The molecule has 1 unspecified atom stereocenters. The van der Waals surface area contributed by atoms with Crippen molar-refractivity contribution < 1.29 is 0 Å². The third-order valence-electron chi connectivity index (χ3n) is 4.01. The average molecular weight is 295 g/mol. The second-order valence-electron chi connectivity index (χ2n) is 6.18. The average Bonchev–Trinajstić information content (AvgIpc) is 2.48. The molecule has 0 radical (unpaired) electrons. The second-order valence-corrected chi connectivity index (χ2v) is 6.18. The van der Waals surface area contributed by atoms with Crippen molar-refractivity contribution in [3.05, 3.63) is 23.8 Å². The number of nitrogens with zero attached hydrogens (tertiary/aromatic N) is 2. The number of rotatable bonds is 7. The fourth-order valence-electron chi connectivity index (χ4n) is 2.64. The van der Waals surface area contributed by atoms with Crippen LogP contribution < -0.4 is 0 Å². The number of hydrogen-bond acceptors (Lipinski definition) is 2. The van der Waals surface area contributed by atoms with E-state index in [2.05, 4.69) is 56.0 Å². The van der Waals surface area contributed by atoms with Crippen LogP contribution in [0.1, 0.15) is 59.8 Å². The lowest BCUT2D eigenvalue weighted by Crippen LogP contribution is -2.38. The molecule has 1 heterocycles. The predicted molar refractivity (Wildman–Crippen MR) is 96.9 cm³/mol. The topological polar surface area (TPSA) is 6.48 Å². The molecule has 1 saturated heterocycles. The molecular weight excluding hydrogens is 256 g/mol. The summed E-state index contributed by atoms with van der Waals surface area (Å²) in [7, 11) is 4.53. The zero-order chi connectivity index (χ0) is 16.1. The van der Waals surface area contributed by atoms with Crippen molar-refractivity contribution in [2.24, 2.45) is 0 Å². The molecule has 21 heavy (non-hydrogen) atoms. The zero-order valence-electron chi connectivity index (χ0n) is 15.4. The predicted octanol–water partition coefficient (Wildman–Crippen LogP) is 4.73. The molecule has 2 heteroatoms. The Morgan fingerprint density at radius 1 is 1.19 bits per heavy atom. The highest BCUT2D eigenvalue weighted by Crippen LogP contribution is 2.17. The highest BCUT2D eigenvalue weighted by Gasteiger charge is 2.18. The third kappa shape index (κ3) is 10.7. The maximum absolute atomic E-state index is 2.55. The Morgan fingerprint density at radius 2 is 1.90 bits per heavy atom. The van der Waals surface area contributed by atoms with Gasteiger partial charge in [-0.15, -0.1) is 0 Å². The van der Waals surface area contributed by atoms with Crippen molar-refractivity contribution in [2.45, 2.75) is 65.8 Å². The van der Waals surface area contributed by atoms with Crippen molar-refractivity contribution >= 4 is 0 Å². The molecule has 1 aliphatic rings. The molecule has 0 saturated carbocycles. The zero-order valence-corrected chi connectivity index (χ0v) is 15.4. The Labute approximate surface area is 133 Å². The van der Waals surface area contributed by atoms with Gasteiger partial charge >= 0.3 is 0 Å². The Kier molecular flexibility index (Phi) is 12.7. The van der Waals surface area contributed by atoms with E-state index in [-0.39, 0.29) is 0 Å². The largest absolute Gasteiger partial charge is 0.306 e. The maximum Gasteiger partial charge on any atom is 0.0104 e.